The zero-order chi connectivity index (χ0) is 27.8. The van der Waals surface area contributed by atoms with Gasteiger partial charge in [0.25, 0.3) is 0 Å². The van der Waals surface area contributed by atoms with Crippen molar-refractivity contribution in [3.63, 3.8) is 0 Å². The lowest BCUT2D eigenvalue weighted by molar-refractivity contribution is 0.550. The van der Waals surface area contributed by atoms with Gasteiger partial charge < -0.3 is 0 Å². The fourth-order valence-corrected chi connectivity index (χ4v) is 12.0. The first-order valence-electron chi connectivity index (χ1n) is 17.1. The summed E-state index contributed by atoms with van der Waals surface area (Å²) in [6.45, 7) is 4.61. The molecule has 0 amide bonds. The Bertz CT molecular complexity index is 1110. The van der Waals surface area contributed by atoms with Crippen molar-refractivity contribution < 1.29 is 0 Å². The predicted molar refractivity (Wildman–Crippen MR) is 191 cm³/mol. The van der Waals surface area contributed by atoms with Gasteiger partial charge in [0.15, 0.2) is 0 Å². The maximum Gasteiger partial charge on any atom is 0.0650 e. The van der Waals surface area contributed by atoms with E-state index < -0.39 is 0 Å². The van der Waals surface area contributed by atoms with E-state index in [9.17, 15) is 0 Å². The third-order valence-corrected chi connectivity index (χ3v) is 14.1. The molecule has 0 radical (unpaired) electrons. The fraction of sp³-hybridized carbons (Fsp3) is 0.722. The van der Waals surface area contributed by atoms with E-state index in [1.54, 1.807) is 39.3 Å². The van der Waals surface area contributed by atoms with Gasteiger partial charge in [0, 0.05) is 0 Å². The average molecular weight is 617 g/mol. The predicted octanol–water partition coefficient (Wildman–Crippen LogP) is 15.1. The minimum absolute atomic E-state index is 1.28. The van der Waals surface area contributed by atoms with E-state index in [0.717, 1.165) is 0 Å². The first-order chi connectivity index (χ1) is 19.8. The van der Waals surface area contributed by atoms with Crippen LogP contribution < -0.4 is 0 Å². The van der Waals surface area contributed by atoms with Crippen LogP contribution in [0.25, 0.3) is 28.2 Å². The molecule has 0 nitrogen and oxygen atoms in total. The van der Waals surface area contributed by atoms with Crippen molar-refractivity contribution in [2.75, 3.05) is 0 Å². The maximum absolute atomic E-state index is 2.48. The Hall–Kier alpha value is -0.420. The Morgan fingerprint density at radius 2 is 0.650 bits per heavy atom. The van der Waals surface area contributed by atoms with Crippen LogP contribution in [-0.2, 0) is 12.8 Å². The molecule has 0 aliphatic carbocycles. The van der Waals surface area contributed by atoms with Gasteiger partial charge in [-0.25, -0.2) is 0 Å². The quantitative estimate of drug-likeness (QED) is 0.0687. The molecule has 224 valence electrons. The van der Waals surface area contributed by atoms with Crippen LogP contribution in [0.5, 0.6) is 0 Å². The Balaban J connectivity index is 1.15. The molecule has 0 saturated carbocycles. The van der Waals surface area contributed by atoms with Crippen LogP contribution in [-0.4, -0.2) is 0 Å². The SMILES string of the molecule is CCCCCCCCCCCCCc1csc2c1sc1c3scc(CCCCCCCCCCCCC)c3sc21. The van der Waals surface area contributed by atoms with E-state index in [2.05, 4.69) is 47.3 Å². The van der Waals surface area contributed by atoms with E-state index in [0.29, 0.717) is 0 Å². The molecule has 0 bridgehead atoms. The van der Waals surface area contributed by atoms with Gasteiger partial charge in [0.05, 0.1) is 28.2 Å². The van der Waals surface area contributed by atoms with Crippen LogP contribution in [0.4, 0.5) is 0 Å². The molecule has 0 aliphatic heterocycles. The summed E-state index contributed by atoms with van der Waals surface area (Å²) < 4.78 is 9.59. The summed E-state index contributed by atoms with van der Waals surface area (Å²) in [4.78, 5) is 0. The summed E-state index contributed by atoms with van der Waals surface area (Å²) in [5, 5.41) is 4.97. The Kier molecular flexibility index (Phi) is 15.4. The van der Waals surface area contributed by atoms with Crippen LogP contribution in [0.2, 0.25) is 0 Å². The second kappa shape index (κ2) is 19.0. The largest absolute Gasteiger partial charge is 0.141 e. The highest BCUT2D eigenvalue weighted by molar-refractivity contribution is 7.44. The molecule has 0 fully saturated rings. The summed E-state index contributed by atoms with van der Waals surface area (Å²) in [5.41, 5.74) is 3.27. The van der Waals surface area contributed by atoms with Crippen LogP contribution in [0.15, 0.2) is 10.8 Å². The van der Waals surface area contributed by atoms with Crippen molar-refractivity contribution in [2.24, 2.45) is 0 Å². The van der Waals surface area contributed by atoms with Crippen molar-refractivity contribution in [3.8, 4) is 0 Å². The molecule has 4 heterocycles. The number of hydrogen-bond acceptors (Lipinski definition) is 4. The summed E-state index contributed by atoms with van der Waals surface area (Å²) in [6, 6.07) is 0. The normalized spacial score (nSPS) is 12.2. The lowest BCUT2D eigenvalue weighted by Gasteiger charge is -2.02. The maximum atomic E-state index is 2.48. The number of unbranched alkanes of at least 4 members (excludes halogenated alkanes) is 20. The van der Waals surface area contributed by atoms with Gasteiger partial charge in [-0.1, -0.05) is 142 Å². The van der Waals surface area contributed by atoms with Gasteiger partial charge in [-0.05, 0) is 47.6 Å². The molecule has 40 heavy (non-hydrogen) atoms. The topological polar surface area (TPSA) is 0 Å². The molecule has 0 unspecified atom stereocenters. The van der Waals surface area contributed by atoms with E-state index in [1.165, 1.54) is 154 Å². The highest BCUT2D eigenvalue weighted by Gasteiger charge is 2.19. The fourth-order valence-electron chi connectivity index (χ4n) is 6.20. The number of thiophene rings is 4. The molecule has 0 spiro atoms. The molecule has 0 atom stereocenters. The lowest BCUT2D eigenvalue weighted by Crippen LogP contribution is -1.85. The van der Waals surface area contributed by atoms with Gasteiger partial charge in [0.2, 0.25) is 0 Å². The molecule has 4 aromatic heterocycles. The number of rotatable bonds is 24. The molecule has 0 aromatic carbocycles. The monoisotopic (exact) mass is 616 g/mol. The molecule has 4 rings (SSSR count). The van der Waals surface area contributed by atoms with E-state index in [-0.39, 0.29) is 0 Å². The first-order valence-corrected chi connectivity index (χ1v) is 20.5. The van der Waals surface area contributed by atoms with Crippen LogP contribution in [0.1, 0.15) is 166 Å². The third-order valence-electron chi connectivity index (χ3n) is 8.76. The average Bonchev–Trinajstić information content (AvgIpc) is 3.71. The zero-order valence-corrected chi connectivity index (χ0v) is 29.0. The van der Waals surface area contributed by atoms with Gasteiger partial charge in [-0.2, -0.15) is 0 Å². The molecule has 0 aliphatic rings. The van der Waals surface area contributed by atoms with Crippen molar-refractivity contribution >= 4 is 73.5 Å². The second-order valence-electron chi connectivity index (χ2n) is 12.3. The highest BCUT2D eigenvalue weighted by atomic mass is 32.1. The summed E-state index contributed by atoms with van der Waals surface area (Å²) in [5.74, 6) is 0. The minimum atomic E-state index is 1.28. The third kappa shape index (κ3) is 9.81. The van der Waals surface area contributed by atoms with Gasteiger partial charge in [0.1, 0.15) is 0 Å². The minimum Gasteiger partial charge on any atom is -0.141 e. The van der Waals surface area contributed by atoms with Crippen LogP contribution in [0, 0.1) is 0 Å². The van der Waals surface area contributed by atoms with Gasteiger partial charge in [-0.3, -0.25) is 0 Å². The van der Waals surface area contributed by atoms with Crippen molar-refractivity contribution in [3.05, 3.63) is 21.9 Å². The highest BCUT2D eigenvalue weighted by Crippen LogP contribution is 2.50. The Labute approximate surface area is 262 Å². The molecular formula is C36H56S4. The zero-order valence-electron chi connectivity index (χ0n) is 25.8. The molecular weight excluding hydrogens is 561 g/mol. The first kappa shape index (κ1) is 32.5. The van der Waals surface area contributed by atoms with Gasteiger partial charge >= 0.3 is 0 Å². The summed E-state index contributed by atoms with van der Waals surface area (Å²) in [7, 11) is 0. The lowest BCUT2D eigenvalue weighted by atomic mass is 10.0. The Morgan fingerprint density at radius 1 is 0.350 bits per heavy atom. The van der Waals surface area contributed by atoms with Crippen LogP contribution >= 0.6 is 45.3 Å². The standard InChI is InChI=1S/C36H56S4/c1-3-5-7-9-11-13-15-17-19-21-23-25-29-27-37-33-31(29)39-36-34-32(40-35(33)36)30(28-38-34)26-24-22-20-18-16-14-12-10-8-6-4-2/h27-28H,3-26H2,1-2H3. The van der Waals surface area contributed by atoms with Crippen LogP contribution in [0.3, 0.4) is 0 Å². The second-order valence-corrected chi connectivity index (χ2v) is 16.1. The van der Waals surface area contributed by atoms with Crippen molar-refractivity contribution in [1.29, 1.82) is 0 Å². The summed E-state index contributed by atoms with van der Waals surface area (Å²) >= 11 is 8.25. The van der Waals surface area contributed by atoms with Gasteiger partial charge in [-0.15, -0.1) is 45.3 Å². The molecule has 4 heteroatoms. The van der Waals surface area contributed by atoms with E-state index >= 15 is 0 Å². The smallest absolute Gasteiger partial charge is 0.0650 e. The number of hydrogen-bond donors (Lipinski definition) is 0. The van der Waals surface area contributed by atoms with Crippen molar-refractivity contribution in [2.45, 2.75) is 168 Å². The molecule has 0 saturated heterocycles. The summed E-state index contributed by atoms with van der Waals surface area (Å²) in [6.07, 6.45) is 34.0. The van der Waals surface area contributed by atoms with E-state index in [1.807, 2.05) is 22.7 Å². The number of fused-ring (bicyclic) bond motifs is 5. The van der Waals surface area contributed by atoms with Crippen molar-refractivity contribution in [1.82, 2.24) is 0 Å². The van der Waals surface area contributed by atoms with E-state index in [4.69, 9.17) is 0 Å². The number of aryl methyl sites for hydroxylation is 2. The Morgan fingerprint density at radius 3 is 0.975 bits per heavy atom. The molecule has 0 N–H and O–H groups in total. The molecule has 4 aromatic rings.